The predicted molar refractivity (Wildman–Crippen MR) is 86.0 cm³/mol. The summed E-state index contributed by atoms with van der Waals surface area (Å²) >= 11 is 0. The van der Waals surface area contributed by atoms with Crippen LogP contribution in [0.5, 0.6) is 0 Å². The van der Waals surface area contributed by atoms with Gasteiger partial charge in [-0.25, -0.2) is 0 Å². The molecule has 114 valence electrons. The summed E-state index contributed by atoms with van der Waals surface area (Å²) in [6.45, 7) is 7.73. The van der Waals surface area contributed by atoms with E-state index in [1.807, 2.05) is 0 Å². The average molecular weight is 288 g/mol. The Morgan fingerprint density at radius 1 is 1.16 bits per heavy atom. The molecule has 0 heterocycles. The van der Waals surface area contributed by atoms with Gasteiger partial charge in [0.05, 0.1) is 5.25 Å². The van der Waals surface area contributed by atoms with Gasteiger partial charge in [0.1, 0.15) is 0 Å². The highest BCUT2D eigenvalue weighted by Crippen LogP contribution is 2.22. The minimum Gasteiger partial charge on any atom is -0.313 e. The van der Waals surface area contributed by atoms with E-state index in [1.165, 1.54) is 38.5 Å². The van der Waals surface area contributed by atoms with Crippen LogP contribution in [-0.2, 0) is 10.8 Å². The maximum Gasteiger partial charge on any atom is 0.0501 e. The van der Waals surface area contributed by atoms with Gasteiger partial charge in [0, 0.05) is 22.6 Å². The highest BCUT2D eigenvalue weighted by molar-refractivity contribution is 7.85. The molecule has 0 saturated heterocycles. The van der Waals surface area contributed by atoms with Gasteiger partial charge in [0.2, 0.25) is 0 Å². The molecule has 3 atom stereocenters. The van der Waals surface area contributed by atoms with Crippen molar-refractivity contribution in [1.29, 1.82) is 0 Å². The lowest BCUT2D eigenvalue weighted by atomic mass is 9.96. The molecule has 0 spiro atoms. The van der Waals surface area contributed by atoms with E-state index in [0.29, 0.717) is 17.2 Å². The van der Waals surface area contributed by atoms with Gasteiger partial charge in [-0.1, -0.05) is 46.5 Å². The molecule has 1 aliphatic rings. The molecule has 19 heavy (non-hydrogen) atoms. The largest absolute Gasteiger partial charge is 0.313 e. The Balaban J connectivity index is 2.56. The summed E-state index contributed by atoms with van der Waals surface area (Å²) in [4.78, 5) is 0. The van der Waals surface area contributed by atoms with Crippen molar-refractivity contribution in [2.75, 3.05) is 12.3 Å². The van der Waals surface area contributed by atoms with Crippen LogP contribution in [0.3, 0.4) is 0 Å². The van der Waals surface area contributed by atoms with E-state index in [1.54, 1.807) is 0 Å². The average Bonchev–Trinajstić information content (AvgIpc) is 2.35. The quantitative estimate of drug-likeness (QED) is 0.770. The van der Waals surface area contributed by atoms with Crippen molar-refractivity contribution in [2.24, 2.45) is 5.92 Å². The molecule has 2 nitrogen and oxygen atoms in total. The third-order valence-electron chi connectivity index (χ3n) is 4.09. The minimum absolute atomic E-state index is 0.394. The molecule has 1 rings (SSSR count). The maximum atomic E-state index is 12.6. The lowest BCUT2D eigenvalue weighted by molar-refractivity contribution is 0.394. The zero-order chi connectivity index (χ0) is 14.1. The van der Waals surface area contributed by atoms with Gasteiger partial charge in [-0.05, 0) is 38.1 Å². The third kappa shape index (κ3) is 6.89. The van der Waals surface area contributed by atoms with E-state index in [9.17, 15) is 4.21 Å². The molecule has 3 heteroatoms. The Bertz CT molecular complexity index is 253. The van der Waals surface area contributed by atoms with Gasteiger partial charge < -0.3 is 5.32 Å². The first-order valence-corrected chi connectivity index (χ1v) is 9.64. The zero-order valence-electron chi connectivity index (χ0n) is 13.1. The zero-order valence-corrected chi connectivity index (χ0v) is 13.9. The molecule has 1 saturated carbocycles. The molecular formula is C16H33NOS. The summed E-state index contributed by atoms with van der Waals surface area (Å²) in [6.07, 6.45) is 9.91. The molecule has 0 radical (unpaired) electrons. The highest BCUT2D eigenvalue weighted by atomic mass is 32.2. The summed E-state index contributed by atoms with van der Waals surface area (Å²) in [5.41, 5.74) is 0. The number of hydrogen-bond acceptors (Lipinski definition) is 2. The summed E-state index contributed by atoms with van der Waals surface area (Å²) < 4.78 is 12.6. The Morgan fingerprint density at radius 2 is 1.84 bits per heavy atom. The minimum atomic E-state index is -0.642. The molecular weight excluding hydrogens is 254 g/mol. The molecule has 3 unspecified atom stereocenters. The molecule has 0 aliphatic heterocycles. The maximum absolute atomic E-state index is 12.6. The molecule has 1 N–H and O–H groups in total. The van der Waals surface area contributed by atoms with E-state index in [4.69, 9.17) is 0 Å². The van der Waals surface area contributed by atoms with E-state index in [0.717, 1.165) is 25.1 Å². The van der Waals surface area contributed by atoms with E-state index in [2.05, 4.69) is 26.1 Å². The van der Waals surface area contributed by atoms with Crippen molar-refractivity contribution in [1.82, 2.24) is 5.32 Å². The molecule has 0 amide bonds. The van der Waals surface area contributed by atoms with Crippen molar-refractivity contribution in [3.63, 3.8) is 0 Å². The van der Waals surface area contributed by atoms with Gasteiger partial charge in [0.15, 0.2) is 0 Å². The topological polar surface area (TPSA) is 29.1 Å². The van der Waals surface area contributed by atoms with Gasteiger partial charge >= 0.3 is 0 Å². The van der Waals surface area contributed by atoms with Crippen LogP contribution in [0.25, 0.3) is 0 Å². The van der Waals surface area contributed by atoms with Gasteiger partial charge in [-0.15, -0.1) is 0 Å². The molecule has 1 fully saturated rings. The first-order valence-electron chi connectivity index (χ1n) is 8.25. The van der Waals surface area contributed by atoms with Gasteiger partial charge in [-0.2, -0.15) is 0 Å². The highest BCUT2D eigenvalue weighted by Gasteiger charge is 2.27. The smallest absolute Gasteiger partial charge is 0.0501 e. The standard InChI is InChI=1S/C16H33NOS/c1-4-12-17-15-9-7-5-6-8-10-16(15)19(18)13-11-14(2)3/h14-17H,4-13H2,1-3H3. The van der Waals surface area contributed by atoms with Crippen LogP contribution in [0.2, 0.25) is 0 Å². The van der Waals surface area contributed by atoms with Crippen LogP contribution in [-0.4, -0.2) is 27.8 Å². The second-order valence-corrected chi connectivity index (χ2v) is 8.13. The summed E-state index contributed by atoms with van der Waals surface area (Å²) in [6, 6.07) is 0.494. The van der Waals surface area contributed by atoms with Crippen LogP contribution in [0.1, 0.15) is 72.1 Å². The predicted octanol–water partition coefficient (Wildman–Crippen LogP) is 3.87. The van der Waals surface area contributed by atoms with Crippen molar-refractivity contribution >= 4 is 10.8 Å². The first kappa shape index (κ1) is 17.2. The molecule has 0 aromatic heterocycles. The summed E-state index contributed by atoms with van der Waals surface area (Å²) in [5, 5.41) is 4.06. The Hall–Kier alpha value is 0.110. The second kappa shape index (κ2) is 9.93. The van der Waals surface area contributed by atoms with Crippen molar-refractivity contribution in [3.8, 4) is 0 Å². The van der Waals surface area contributed by atoms with Crippen LogP contribution in [0.15, 0.2) is 0 Å². The molecule has 1 aliphatic carbocycles. The fourth-order valence-corrected chi connectivity index (χ4v) is 4.87. The SMILES string of the molecule is CCCNC1CCCCCCC1S(=O)CCC(C)C. The Kier molecular flexibility index (Phi) is 8.97. The molecule has 0 aromatic rings. The van der Waals surface area contributed by atoms with Crippen LogP contribution in [0, 0.1) is 5.92 Å². The number of hydrogen-bond donors (Lipinski definition) is 1. The van der Waals surface area contributed by atoms with Crippen LogP contribution >= 0.6 is 0 Å². The van der Waals surface area contributed by atoms with Crippen molar-refractivity contribution in [2.45, 2.75) is 83.4 Å². The lowest BCUT2D eigenvalue weighted by Crippen LogP contribution is -2.43. The van der Waals surface area contributed by atoms with E-state index in [-0.39, 0.29) is 0 Å². The monoisotopic (exact) mass is 287 g/mol. The van der Waals surface area contributed by atoms with Gasteiger partial charge in [0.25, 0.3) is 0 Å². The normalized spacial score (nSPS) is 26.9. The van der Waals surface area contributed by atoms with E-state index >= 15 is 0 Å². The fourth-order valence-electron chi connectivity index (χ4n) is 2.83. The fraction of sp³-hybridized carbons (Fsp3) is 1.00. The number of rotatable bonds is 7. The third-order valence-corrected chi connectivity index (χ3v) is 5.97. The van der Waals surface area contributed by atoms with Gasteiger partial charge in [-0.3, -0.25) is 4.21 Å². The van der Waals surface area contributed by atoms with Crippen molar-refractivity contribution < 1.29 is 4.21 Å². The lowest BCUT2D eigenvalue weighted by Gasteiger charge is -2.30. The Morgan fingerprint density at radius 3 is 2.47 bits per heavy atom. The summed E-state index contributed by atoms with van der Waals surface area (Å²) in [7, 11) is -0.642. The molecule has 0 bridgehead atoms. The van der Waals surface area contributed by atoms with E-state index < -0.39 is 10.8 Å². The molecule has 0 aromatic carbocycles. The van der Waals surface area contributed by atoms with Crippen LogP contribution in [0.4, 0.5) is 0 Å². The second-order valence-electron chi connectivity index (χ2n) is 6.36. The van der Waals surface area contributed by atoms with Crippen LogP contribution < -0.4 is 5.32 Å². The van der Waals surface area contributed by atoms with Crippen molar-refractivity contribution in [3.05, 3.63) is 0 Å². The number of nitrogens with one attached hydrogen (secondary N) is 1. The Labute approximate surface area is 122 Å². The summed E-state index contributed by atoms with van der Waals surface area (Å²) in [5.74, 6) is 1.56. The first-order chi connectivity index (χ1) is 9.15.